The summed E-state index contributed by atoms with van der Waals surface area (Å²) < 4.78 is 2.53. The van der Waals surface area contributed by atoms with Crippen LogP contribution in [0.3, 0.4) is 0 Å². The molecule has 2 aromatic heterocycles. The molecule has 0 spiro atoms. The van der Waals surface area contributed by atoms with Crippen LogP contribution in [0.25, 0.3) is 98.5 Å². The molecular formula is C52H39N3SSi. The summed E-state index contributed by atoms with van der Waals surface area (Å²) in [6.45, 7) is 7.22. The molecule has 5 heteroatoms. The molecule has 2 heterocycles. The minimum atomic E-state index is -1.63. The zero-order chi connectivity index (χ0) is 38.5. The van der Waals surface area contributed by atoms with Crippen molar-refractivity contribution in [3.05, 3.63) is 182 Å². The van der Waals surface area contributed by atoms with Crippen molar-refractivity contribution in [1.29, 1.82) is 0 Å². The van der Waals surface area contributed by atoms with E-state index in [0.717, 1.165) is 27.8 Å². The van der Waals surface area contributed by atoms with Crippen molar-refractivity contribution >= 4 is 55.5 Å². The van der Waals surface area contributed by atoms with E-state index < -0.39 is 8.07 Å². The topological polar surface area (TPSA) is 38.7 Å². The number of rotatable bonds is 7. The van der Waals surface area contributed by atoms with Gasteiger partial charge in [0.2, 0.25) is 0 Å². The van der Waals surface area contributed by atoms with Crippen LogP contribution in [-0.2, 0) is 0 Å². The summed E-state index contributed by atoms with van der Waals surface area (Å²) >= 11 is 1.82. The van der Waals surface area contributed by atoms with Crippen molar-refractivity contribution in [2.75, 3.05) is 0 Å². The summed E-state index contributed by atoms with van der Waals surface area (Å²) in [5.41, 5.74) is 9.94. The Morgan fingerprint density at radius 3 is 1.46 bits per heavy atom. The second-order valence-electron chi connectivity index (χ2n) is 15.7. The van der Waals surface area contributed by atoms with E-state index in [0.29, 0.717) is 17.5 Å². The average Bonchev–Trinajstić information content (AvgIpc) is 3.64. The smallest absolute Gasteiger partial charge is 0.164 e. The Balaban J connectivity index is 1.11. The van der Waals surface area contributed by atoms with Crippen LogP contribution in [0.1, 0.15) is 0 Å². The Labute approximate surface area is 338 Å². The maximum absolute atomic E-state index is 5.27. The van der Waals surface area contributed by atoms with Crippen molar-refractivity contribution in [2.45, 2.75) is 19.6 Å². The molecule has 10 aromatic rings. The lowest BCUT2D eigenvalue weighted by atomic mass is 9.95. The zero-order valence-corrected chi connectivity index (χ0v) is 33.9. The number of aromatic nitrogens is 3. The van der Waals surface area contributed by atoms with E-state index in [2.05, 4.69) is 202 Å². The van der Waals surface area contributed by atoms with Gasteiger partial charge in [0.25, 0.3) is 0 Å². The Morgan fingerprint density at radius 2 is 0.807 bits per heavy atom. The number of hydrogen-bond donors (Lipinski definition) is 0. The minimum Gasteiger partial charge on any atom is -0.208 e. The quantitative estimate of drug-likeness (QED) is 0.152. The minimum absolute atomic E-state index is 0.650. The van der Waals surface area contributed by atoms with Crippen LogP contribution in [0.15, 0.2) is 182 Å². The highest BCUT2D eigenvalue weighted by Crippen LogP contribution is 2.38. The molecule has 0 aliphatic rings. The molecule has 8 aromatic carbocycles. The SMILES string of the molecule is C[Si](C)(C)c1ccc(-c2nc(-c3cccc(-c4cccc(-c5cccc(-c6ccccc6)c5)c4)c3)nc(-c3ccc4sc5ccccc5c4c3)n2)c2ccccc12. The number of hydrogen-bond acceptors (Lipinski definition) is 4. The van der Waals surface area contributed by atoms with Crippen LogP contribution in [-0.4, -0.2) is 23.0 Å². The monoisotopic (exact) mass is 765 g/mol. The van der Waals surface area contributed by atoms with Gasteiger partial charge in [-0.15, -0.1) is 11.3 Å². The van der Waals surface area contributed by atoms with Gasteiger partial charge in [-0.25, -0.2) is 15.0 Å². The highest BCUT2D eigenvalue weighted by Gasteiger charge is 2.22. The number of thiophene rings is 1. The Morgan fingerprint density at radius 1 is 0.333 bits per heavy atom. The van der Waals surface area contributed by atoms with Crippen molar-refractivity contribution in [1.82, 2.24) is 15.0 Å². The number of nitrogens with zero attached hydrogens (tertiary/aromatic N) is 3. The van der Waals surface area contributed by atoms with E-state index in [1.165, 1.54) is 58.4 Å². The van der Waals surface area contributed by atoms with Gasteiger partial charge in [-0.05, 0) is 86.6 Å². The largest absolute Gasteiger partial charge is 0.208 e. The normalized spacial score (nSPS) is 11.8. The first-order valence-corrected chi connectivity index (χ1v) is 23.7. The standard InChI is InChI=1S/C52H39N3SSi/c1-57(2,3)49-29-27-45(42-22-7-8-24-44(42)49)52-54-50(53-51(55-52)41-26-28-48-46(33-41)43-23-9-10-25-47(43)56-48)40-21-13-20-39(32-40)38-19-12-18-37(31-38)36-17-11-16-35(30-36)34-14-5-4-6-15-34/h4-33H,1-3H3. The molecule has 0 saturated carbocycles. The lowest BCUT2D eigenvalue weighted by Crippen LogP contribution is -2.38. The number of fused-ring (bicyclic) bond motifs is 4. The fourth-order valence-electron chi connectivity index (χ4n) is 7.99. The molecular weight excluding hydrogens is 727 g/mol. The van der Waals surface area contributed by atoms with E-state index in [4.69, 9.17) is 15.0 Å². The highest BCUT2D eigenvalue weighted by atomic mass is 32.1. The van der Waals surface area contributed by atoms with Crippen molar-refractivity contribution in [3.63, 3.8) is 0 Å². The van der Waals surface area contributed by atoms with E-state index in [9.17, 15) is 0 Å². The fourth-order valence-corrected chi connectivity index (χ4v) is 10.7. The summed E-state index contributed by atoms with van der Waals surface area (Å²) in [5, 5.41) is 6.36. The maximum Gasteiger partial charge on any atom is 0.164 e. The summed E-state index contributed by atoms with van der Waals surface area (Å²) in [7, 11) is -1.63. The highest BCUT2D eigenvalue weighted by molar-refractivity contribution is 7.25. The summed E-state index contributed by atoms with van der Waals surface area (Å²) in [5.74, 6) is 1.99. The Kier molecular flexibility index (Phi) is 8.70. The van der Waals surface area contributed by atoms with Gasteiger partial charge in [0, 0.05) is 36.9 Å². The van der Waals surface area contributed by atoms with Crippen LogP contribution in [0, 0.1) is 0 Å². The molecule has 10 rings (SSSR count). The van der Waals surface area contributed by atoms with Crippen molar-refractivity contribution in [3.8, 4) is 67.5 Å². The molecule has 0 saturated heterocycles. The van der Waals surface area contributed by atoms with E-state index in [1.807, 2.05) is 11.3 Å². The van der Waals surface area contributed by atoms with Gasteiger partial charge < -0.3 is 0 Å². The predicted octanol–water partition coefficient (Wildman–Crippen LogP) is 13.9. The molecule has 0 radical (unpaired) electrons. The zero-order valence-electron chi connectivity index (χ0n) is 32.1. The summed E-state index contributed by atoms with van der Waals surface area (Å²) in [6, 6.07) is 65.2. The molecule has 0 atom stereocenters. The molecule has 57 heavy (non-hydrogen) atoms. The van der Waals surface area contributed by atoms with Crippen LogP contribution < -0.4 is 5.19 Å². The third kappa shape index (κ3) is 6.65. The Hall–Kier alpha value is -6.53. The molecule has 0 N–H and O–H groups in total. The van der Waals surface area contributed by atoms with E-state index in [1.54, 1.807) is 0 Å². The van der Waals surface area contributed by atoms with Crippen LogP contribution in [0.5, 0.6) is 0 Å². The molecule has 0 amide bonds. The van der Waals surface area contributed by atoms with Crippen LogP contribution in [0.2, 0.25) is 19.6 Å². The third-order valence-corrected chi connectivity index (χ3v) is 14.1. The molecule has 0 fully saturated rings. The molecule has 0 unspecified atom stereocenters. The number of benzene rings is 8. The molecule has 3 nitrogen and oxygen atoms in total. The van der Waals surface area contributed by atoms with Crippen molar-refractivity contribution < 1.29 is 0 Å². The molecule has 0 aliphatic carbocycles. The second-order valence-corrected chi connectivity index (χ2v) is 21.8. The van der Waals surface area contributed by atoms with Gasteiger partial charge in [0.05, 0.1) is 8.07 Å². The van der Waals surface area contributed by atoms with Gasteiger partial charge in [-0.2, -0.15) is 0 Å². The van der Waals surface area contributed by atoms with Gasteiger partial charge in [-0.1, -0.05) is 164 Å². The molecule has 0 aliphatic heterocycles. The Bertz CT molecular complexity index is 3120. The average molecular weight is 766 g/mol. The summed E-state index contributed by atoms with van der Waals surface area (Å²) in [4.78, 5) is 15.8. The van der Waals surface area contributed by atoms with E-state index >= 15 is 0 Å². The summed E-state index contributed by atoms with van der Waals surface area (Å²) in [6.07, 6.45) is 0. The maximum atomic E-state index is 5.27. The first-order chi connectivity index (χ1) is 27.9. The van der Waals surface area contributed by atoms with Gasteiger partial charge in [0.1, 0.15) is 0 Å². The second kappa shape index (κ2) is 14.2. The fraction of sp³-hybridized carbons (Fsp3) is 0.0577. The lowest BCUT2D eigenvalue weighted by Gasteiger charge is -2.20. The van der Waals surface area contributed by atoms with Gasteiger partial charge >= 0.3 is 0 Å². The van der Waals surface area contributed by atoms with Crippen LogP contribution >= 0.6 is 11.3 Å². The molecule has 272 valence electrons. The first-order valence-electron chi connectivity index (χ1n) is 19.4. The first kappa shape index (κ1) is 34.9. The molecule has 0 bridgehead atoms. The van der Waals surface area contributed by atoms with Crippen molar-refractivity contribution in [2.24, 2.45) is 0 Å². The van der Waals surface area contributed by atoms with Crippen LogP contribution in [0.4, 0.5) is 0 Å². The predicted molar refractivity (Wildman–Crippen MR) is 246 cm³/mol. The van der Waals surface area contributed by atoms with Gasteiger partial charge in [0.15, 0.2) is 17.5 Å². The van der Waals surface area contributed by atoms with Gasteiger partial charge in [-0.3, -0.25) is 0 Å². The third-order valence-electron chi connectivity index (χ3n) is 10.9. The lowest BCUT2D eigenvalue weighted by molar-refractivity contribution is 1.08. The van der Waals surface area contributed by atoms with E-state index in [-0.39, 0.29) is 0 Å².